The molecular formula is C33H35ClN2O4S. The fraction of sp³-hybridized carbons (Fsp3) is 0.242. The topological polar surface area (TPSA) is 89.7 Å². The molecule has 0 saturated carbocycles. The lowest BCUT2D eigenvalue weighted by Crippen LogP contribution is -2.30. The van der Waals surface area contributed by atoms with Gasteiger partial charge in [0.05, 0.1) is 22.9 Å². The molecule has 0 saturated heterocycles. The Labute approximate surface area is 247 Å². The molecule has 4 aromatic rings. The Bertz CT molecular complexity index is 1490. The largest absolute Gasteiger partial charge is 0.492 e. The van der Waals surface area contributed by atoms with Crippen LogP contribution in [0.3, 0.4) is 0 Å². The van der Waals surface area contributed by atoms with Crippen molar-refractivity contribution in [2.45, 2.75) is 30.2 Å². The van der Waals surface area contributed by atoms with Crippen LogP contribution in [0.15, 0.2) is 108 Å². The number of hydrogen-bond acceptors (Lipinski definition) is 5. The van der Waals surface area contributed by atoms with Crippen LogP contribution in [0.4, 0.5) is 0 Å². The summed E-state index contributed by atoms with van der Waals surface area (Å²) in [6.07, 6.45) is 2.09. The highest BCUT2D eigenvalue weighted by molar-refractivity contribution is 7.90. The fourth-order valence-electron chi connectivity index (χ4n) is 4.81. The predicted octanol–water partition coefficient (Wildman–Crippen LogP) is 5.87. The molecule has 0 aliphatic rings. The first-order valence-corrected chi connectivity index (χ1v) is 15.8. The van der Waals surface area contributed by atoms with Gasteiger partial charge in [0.1, 0.15) is 5.75 Å². The minimum absolute atomic E-state index is 0.129. The summed E-state index contributed by atoms with van der Waals surface area (Å²) in [5.41, 5.74) is 9.53. The molecule has 4 rings (SSSR count). The van der Waals surface area contributed by atoms with Gasteiger partial charge in [-0.3, -0.25) is 9.69 Å². The van der Waals surface area contributed by atoms with Crippen LogP contribution in [-0.2, 0) is 27.6 Å². The summed E-state index contributed by atoms with van der Waals surface area (Å²) >= 11 is 6.38. The summed E-state index contributed by atoms with van der Waals surface area (Å²) in [7, 11) is -3.26. The molecule has 0 bridgehead atoms. The van der Waals surface area contributed by atoms with E-state index >= 15 is 0 Å². The maximum absolute atomic E-state index is 12.0. The lowest BCUT2D eigenvalue weighted by molar-refractivity contribution is -0.117. The van der Waals surface area contributed by atoms with Crippen molar-refractivity contribution in [3.8, 4) is 5.75 Å². The molecule has 0 heterocycles. The quantitative estimate of drug-likeness (QED) is 0.185. The van der Waals surface area contributed by atoms with Gasteiger partial charge >= 0.3 is 0 Å². The highest BCUT2D eigenvalue weighted by Gasteiger charge is 2.19. The lowest BCUT2D eigenvalue weighted by Gasteiger charge is -2.28. The SMILES string of the molecule is CS(=O)(=O)c1ccc(CN(CCCOc2ccc(CC(N)=O)cc2Cl)CC(c2ccccc2)c2ccccc2)cc1. The third kappa shape index (κ3) is 9.18. The number of amides is 1. The molecule has 214 valence electrons. The summed E-state index contributed by atoms with van der Waals surface area (Å²) in [6.45, 7) is 2.63. The number of hydrogen-bond donors (Lipinski definition) is 1. The van der Waals surface area contributed by atoms with Crippen LogP contribution in [0, 0.1) is 0 Å². The maximum atomic E-state index is 12.0. The number of halogens is 1. The van der Waals surface area contributed by atoms with Gasteiger partial charge in [0.25, 0.3) is 0 Å². The third-order valence-corrected chi connectivity index (χ3v) is 8.28. The van der Waals surface area contributed by atoms with Gasteiger partial charge in [-0.1, -0.05) is 90.5 Å². The van der Waals surface area contributed by atoms with Crippen molar-refractivity contribution in [2.24, 2.45) is 5.73 Å². The minimum Gasteiger partial charge on any atom is -0.492 e. The zero-order valence-electron chi connectivity index (χ0n) is 23.1. The number of rotatable bonds is 14. The van der Waals surface area contributed by atoms with E-state index in [9.17, 15) is 13.2 Å². The van der Waals surface area contributed by atoms with Gasteiger partial charge in [-0.2, -0.15) is 0 Å². The average Bonchev–Trinajstić information content (AvgIpc) is 2.95. The molecule has 41 heavy (non-hydrogen) atoms. The van der Waals surface area contributed by atoms with Crippen molar-refractivity contribution < 1.29 is 17.9 Å². The van der Waals surface area contributed by atoms with E-state index in [0.717, 1.165) is 30.6 Å². The average molecular weight is 591 g/mol. The van der Waals surface area contributed by atoms with Crippen LogP contribution in [0.2, 0.25) is 5.02 Å². The number of nitrogens with two attached hydrogens (primary N) is 1. The van der Waals surface area contributed by atoms with Crippen molar-refractivity contribution in [3.63, 3.8) is 0 Å². The van der Waals surface area contributed by atoms with Crippen molar-refractivity contribution >= 4 is 27.3 Å². The van der Waals surface area contributed by atoms with Crippen LogP contribution in [0.5, 0.6) is 5.75 Å². The van der Waals surface area contributed by atoms with E-state index in [1.807, 2.05) is 24.3 Å². The zero-order valence-corrected chi connectivity index (χ0v) is 24.7. The summed E-state index contributed by atoms with van der Waals surface area (Å²) in [5.74, 6) is 0.306. The first kappa shape index (κ1) is 30.3. The smallest absolute Gasteiger partial charge is 0.221 e. The van der Waals surface area contributed by atoms with Crippen LogP contribution < -0.4 is 10.5 Å². The number of ether oxygens (including phenoxy) is 1. The van der Waals surface area contributed by atoms with Gasteiger partial charge in [-0.15, -0.1) is 0 Å². The first-order chi connectivity index (χ1) is 19.7. The molecule has 0 aliphatic heterocycles. The predicted molar refractivity (Wildman–Crippen MR) is 164 cm³/mol. The van der Waals surface area contributed by atoms with Crippen molar-refractivity contribution in [3.05, 3.63) is 130 Å². The Morgan fingerprint density at radius 2 is 1.46 bits per heavy atom. The van der Waals surface area contributed by atoms with E-state index in [1.165, 1.54) is 17.4 Å². The first-order valence-electron chi connectivity index (χ1n) is 13.5. The van der Waals surface area contributed by atoms with Crippen LogP contribution in [-0.4, -0.2) is 45.2 Å². The Hall–Kier alpha value is -3.65. The molecule has 0 atom stereocenters. The Morgan fingerprint density at radius 1 is 0.878 bits per heavy atom. The summed E-state index contributed by atoms with van der Waals surface area (Å²) in [5, 5.41) is 0.444. The molecule has 0 spiro atoms. The second kappa shape index (κ2) is 14.3. The molecule has 8 heteroatoms. The fourth-order valence-corrected chi connectivity index (χ4v) is 5.70. The summed E-state index contributed by atoms with van der Waals surface area (Å²) in [6, 6.07) is 33.3. The minimum atomic E-state index is -3.26. The summed E-state index contributed by atoms with van der Waals surface area (Å²) in [4.78, 5) is 13.9. The number of benzene rings is 4. The maximum Gasteiger partial charge on any atom is 0.221 e. The van der Waals surface area contributed by atoms with Gasteiger partial charge in [0.15, 0.2) is 9.84 Å². The zero-order chi connectivity index (χ0) is 29.2. The van der Waals surface area contributed by atoms with Crippen molar-refractivity contribution in [2.75, 3.05) is 26.0 Å². The monoisotopic (exact) mass is 590 g/mol. The molecule has 0 fully saturated rings. The van der Waals surface area contributed by atoms with Crippen LogP contribution in [0.25, 0.3) is 0 Å². The number of carbonyl (C=O) groups is 1. The third-order valence-electron chi connectivity index (χ3n) is 6.85. The highest BCUT2D eigenvalue weighted by Crippen LogP contribution is 2.28. The summed E-state index contributed by atoms with van der Waals surface area (Å²) < 4.78 is 29.9. The number of primary amides is 1. The van der Waals surface area contributed by atoms with Gasteiger partial charge in [0.2, 0.25) is 5.91 Å². The second-order valence-electron chi connectivity index (χ2n) is 10.1. The highest BCUT2D eigenvalue weighted by atomic mass is 35.5. The molecule has 0 unspecified atom stereocenters. The molecule has 0 aromatic heterocycles. The molecule has 1 amide bonds. The van der Waals surface area contributed by atoms with Gasteiger partial charge < -0.3 is 10.5 Å². The molecule has 2 N–H and O–H groups in total. The van der Waals surface area contributed by atoms with Gasteiger partial charge in [0, 0.05) is 31.8 Å². The van der Waals surface area contributed by atoms with E-state index in [4.69, 9.17) is 22.1 Å². The van der Waals surface area contributed by atoms with Crippen molar-refractivity contribution in [1.29, 1.82) is 0 Å². The van der Waals surface area contributed by atoms with Gasteiger partial charge in [-0.25, -0.2) is 8.42 Å². The van der Waals surface area contributed by atoms with E-state index in [2.05, 4.69) is 53.4 Å². The Kier molecular flexibility index (Phi) is 10.6. The number of carbonyl (C=O) groups excluding carboxylic acids is 1. The van der Waals surface area contributed by atoms with Crippen molar-refractivity contribution in [1.82, 2.24) is 4.90 Å². The molecule has 0 radical (unpaired) electrons. The number of nitrogens with zero attached hydrogens (tertiary/aromatic N) is 1. The molecule has 6 nitrogen and oxygen atoms in total. The van der Waals surface area contributed by atoms with Crippen LogP contribution >= 0.6 is 11.6 Å². The lowest BCUT2D eigenvalue weighted by atomic mass is 9.90. The van der Waals surface area contributed by atoms with Crippen LogP contribution in [0.1, 0.15) is 34.6 Å². The number of sulfone groups is 1. The normalized spacial score (nSPS) is 11.6. The second-order valence-corrected chi connectivity index (χ2v) is 12.6. The Morgan fingerprint density at radius 3 is 2.00 bits per heavy atom. The molecular weight excluding hydrogens is 556 g/mol. The Balaban J connectivity index is 1.49. The van der Waals surface area contributed by atoms with E-state index in [1.54, 1.807) is 30.3 Å². The van der Waals surface area contributed by atoms with E-state index in [-0.39, 0.29) is 12.3 Å². The van der Waals surface area contributed by atoms with E-state index in [0.29, 0.717) is 28.8 Å². The van der Waals surface area contributed by atoms with Gasteiger partial charge in [-0.05, 0) is 52.9 Å². The molecule has 0 aliphatic carbocycles. The van der Waals surface area contributed by atoms with E-state index < -0.39 is 15.7 Å². The molecule has 4 aromatic carbocycles. The standard InChI is InChI=1S/C33H35ClN2O4S/c1-41(38,39)29-16-13-25(14-17-29)23-36(19-8-20-40-32-18-15-26(21-31(32)34)22-33(35)37)24-30(27-9-4-2-5-10-27)28-11-6-3-7-12-28/h2-7,9-18,21,30H,8,19-20,22-24H2,1H3,(H2,35,37).